The van der Waals surface area contributed by atoms with E-state index in [9.17, 15) is 4.79 Å². The minimum Gasteiger partial charge on any atom is -0.500 e. The molecule has 74 valence electrons. The highest BCUT2D eigenvalue weighted by Crippen LogP contribution is 2.27. The molecule has 0 N–H and O–H groups in total. The largest absolute Gasteiger partial charge is 0.500 e. The lowest BCUT2D eigenvalue weighted by Gasteiger charge is -2.09. The third kappa shape index (κ3) is 3.97. The Kier molecular flexibility index (Phi) is 3.80. The molecule has 1 saturated carbocycles. The van der Waals surface area contributed by atoms with Gasteiger partial charge in [0.05, 0.1) is 18.8 Å². The van der Waals surface area contributed by atoms with E-state index in [-0.39, 0.29) is 11.9 Å². The van der Waals surface area contributed by atoms with Gasteiger partial charge in [-0.1, -0.05) is 0 Å². The molecule has 0 aliphatic heterocycles. The van der Waals surface area contributed by atoms with E-state index in [4.69, 9.17) is 9.47 Å². The summed E-state index contributed by atoms with van der Waals surface area (Å²) in [6.07, 6.45) is 4.05. The molecule has 1 fully saturated rings. The van der Waals surface area contributed by atoms with Gasteiger partial charge >= 0.3 is 5.97 Å². The Morgan fingerprint density at radius 2 is 2.31 bits per heavy atom. The van der Waals surface area contributed by atoms with Gasteiger partial charge in [0, 0.05) is 0 Å². The molecule has 0 spiro atoms. The second-order valence-electron chi connectivity index (χ2n) is 3.26. The quantitative estimate of drug-likeness (QED) is 0.483. The molecule has 1 unspecified atom stereocenters. The van der Waals surface area contributed by atoms with Crippen LogP contribution in [0.3, 0.4) is 0 Å². The predicted molar refractivity (Wildman–Crippen MR) is 49.1 cm³/mol. The van der Waals surface area contributed by atoms with E-state index in [1.165, 1.54) is 5.57 Å². The molecule has 0 bridgehead atoms. The van der Waals surface area contributed by atoms with E-state index in [1.807, 2.05) is 6.92 Å². The van der Waals surface area contributed by atoms with Crippen molar-refractivity contribution in [1.82, 2.24) is 0 Å². The minimum absolute atomic E-state index is 0.171. The number of hydrogen-bond acceptors (Lipinski definition) is 3. The number of rotatable bonds is 5. The number of esters is 1. The van der Waals surface area contributed by atoms with Gasteiger partial charge < -0.3 is 9.47 Å². The standard InChI is InChI=1S/C10H16O3/c1-3-13-10(11)8(2)6-12-7-9-4-5-9/h7-8H,3-6H2,1-2H3. The molecule has 0 aromatic rings. The van der Waals surface area contributed by atoms with Crippen LogP contribution in [0.15, 0.2) is 11.8 Å². The predicted octanol–water partition coefficient (Wildman–Crippen LogP) is 1.88. The summed E-state index contributed by atoms with van der Waals surface area (Å²) in [5.41, 5.74) is 1.33. The van der Waals surface area contributed by atoms with Crippen molar-refractivity contribution in [2.75, 3.05) is 13.2 Å². The van der Waals surface area contributed by atoms with Crippen LogP contribution in [0, 0.1) is 5.92 Å². The second kappa shape index (κ2) is 4.90. The topological polar surface area (TPSA) is 35.5 Å². The lowest BCUT2D eigenvalue weighted by molar-refractivity contribution is -0.148. The Morgan fingerprint density at radius 1 is 1.62 bits per heavy atom. The van der Waals surface area contributed by atoms with Crippen molar-refractivity contribution in [3.05, 3.63) is 11.8 Å². The summed E-state index contributed by atoms with van der Waals surface area (Å²) in [5, 5.41) is 0. The number of carbonyl (C=O) groups excluding carboxylic acids is 1. The van der Waals surface area contributed by atoms with Crippen molar-refractivity contribution in [3.8, 4) is 0 Å². The van der Waals surface area contributed by atoms with E-state index < -0.39 is 0 Å². The number of ether oxygens (including phenoxy) is 2. The maximum Gasteiger partial charge on any atom is 0.312 e. The normalized spacial score (nSPS) is 16.3. The highest BCUT2D eigenvalue weighted by molar-refractivity contribution is 5.72. The van der Waals surface area contributed by atoms with Gasteiger partial charge in [-0.25, -0.2) is 0 Å². The first-order valence-corrected chi connectivity index (χ1v) is 4.70. The van der Waals surface area contributed by atoms with E-state index in [0.29, 0.717) is 13.2 Å². The van der Waals surface area contributed by atoms with Crippen molar-refractivity contribution < 1.29 is 14.3 Å². The molecule has 13 heavy (non-hydrogen) atoms. The summed E-state index contributed by atoms with van der Waals surface area (Å²) in [7, 11) is 0. The first kappa shape index (κ1) is 10.1. The van der Waals surface area contributed by atoms with Gasteiger partial charge in [0.15, 0.2) is 0 Å². The highest BCUT2D eigenvalue weighted by atomic mass is 16.5. The van der Waals surface area contributed by atoms with Crippen molar-refractivity contribution in [2.45, 2.75) is 26.7 Å². The average Bonchev–Trinajstić information content (AvgIpc) is 2.88. The summed E-state index contributed by atoms with van der Waals surface area (Å²) in [6.45, 7) is 4.47. The molecule has 1 rings (SSSR count). The minimum atomic E-state index is -0.184. The van der Waals surface area contributed by atoms with Crippen molar-refractivity contribution in [2.24, 2.45) is 5.92 Å². The zero-order chi connectivity index (χ0) is 9.68. The third-order valence-corrected chi connectivity index (χ3v) is 1.82. The van der Waals surface area contributed by atoms with Crippen LogP contribution in [0.2, 0.25) is 0 Å². The number of carbonyl (C=O) groups is 1. The molecule has 3 nitrogen and oxygen atoms in total. The van der Waals surface area contributed by atoms with E-state index >= 15 is 0 Å². The van der Waals surface area contributed by atoms with Gasteiger partial charge in [0.25, 0.3) is 0 Å². The molecule has 1 atom stereocenters. The monoisotopic (exact) mass is 184 g/mol. The van der Waals surface area contributed by atoms with Gasteiger partial charge in [-0.15, -0.1) is 0 Å². The van der Waals surface area contributed by atoms with Gasteiger partial charge in [-0.2, -0.15) is 0 Å². The fraction of sp³-hybridized carbons (Fsp3) is 0.700. The third-order valence-electron chi connectivity index (χ3n) is 1.82. The molecular weight excluding hydrogens is 168 g/mol. The van der Waals surface area contributed by atoms with Crippen LogP contribution in [-0.2, 0) is 14.3 Å². The smallest absolute Gasteiger partial charge is 0.312 e. The first-order valence-electron chi connectivity index (χ1n) is 4.70. The first-order chi connectivity index (χ1) is 6.24. The Balaban J connectivity index is 2.11. The summed E-state index contributed by atoms with van der Waals surface area (Å²) >= 11 is 0. The van der Waals surface area contributed by atoms with Crippen LogP contribution < -0.4 is 0 Å². The Labute approximate surface area is 78.7 Å². The van der Waals surface area contributed by atoms with E-state index in [0.717, 1.165) is 12.8 Å². The number of hydrogen-bond donors (Lipinski definition) is 0. The maximum absolute atomic E-state index is 11.1. The second-order valence-corrected chi connectivity index (χ2v) is 3.26. The van der Waals surface area contributed by atoms with Crippen LogP contribution >= 0.6 is 0 Å². The van der Waals surface area contributed by atoms with Gasteiger partial charge in [-0.3, -0.25) is 4.79 Å². The molecule has 0 aromatic heterocycles. The van der Waals surface area contributed by atoms with Crippen LogP contribution in [0.25, 0.3) is 0 Å². The van der Waals surface area contributed by atoms with Gasteiger partial charge in [0.2, 0.25) is 0 Å². The fourth-order valence-electron chi connectivity index (χ4n) is 0.853. The molecule has 0 saturated heterocycles. The summed E-state index contributed by atoms with van der Waals surface area (Å²) in [6, 6.07) is 0. The zero-order valence-electron chi connectivity index (χ0n) is 8.21. The van der Waals surface area contributed by atoms with Crippen LogP contribution in [0.4, 0.5) is 0 Å². The Morgan fingerprint density at radius 3 is 2.85 bits per heavy atom. The molecule has 0 aromatic carbocycles. The lowest BCUT2D eigenvalue weighted by Crippen LogP contribution is -2.18. The molecule has 0 amide bonds. The fourth-order valence-corrected chi connectivity index (χ4v) is 0.853. The molecule has 0 heterocycles. The lowest BCUT2D eigenvalue weighted by atomic mass is 10.2. The van der Waals surface area contributed by atoms with Crippen LogP contribution in [0.5, 0.6) is 0 Å². The van der Waals surface area contributed by atoms with Gasteiger partial charge in [0.1, 0.15) is 6.61 Å². The zero-order valence-corrected chi connectivity index (χ0v) is 8.21. The van der Waals surface area contributed by atoms with Crippen molar-refractivity contribution in [1.29, 1.82) is 0 Å². The molecular formula is C10H16O3. The summed E-state index contributed by atoms with van der Waals surface area (Å²) in [5.74, 6) is -0.354. The molecule has 1 aliphatic rings. The SMILES string of the molecule is CCOC(=O)C(C)COC=C1CC1. The van der Waals surface area contributed by atoms with E-state index in [2.05, 4.69) is 0 Å². The van der Waals surface area contributed by atoms with Crippen molar-refractivity contribution >= 4 is 5.97 Å². The molecule has 0 radical (unpaired) electrons. The highest BCUT2D eigenvalue weighted by Gasteiger charge is 2.15. The Bertz CT molecular complexity index is 202. The maximum atomic E-state index is 11.1. The van der Waals surface area contributed by atoms with Crippen molar-refractivity contribution in [3.63, 3.8) is 0 Å². The summed E-state index contributed by atoms with van der Waals surface area (Å²) < 4.78 is 10.1. The van der Waals surface area contributed by atoms with Crippen LogP contribution in [0.1, 0.15) is 26.7 Å². The van der Waals surface area contributed by atoms with Crippen LogP contribution in [-0.4, -0.2) is 19.2 Å². The summed E-state index contributed by atoms with van der Waals surface area (Å²) in [4.78, 5) is 11.1. The van der Waals surface area contributed by atoms with Gasteiger partial charge in [-0.05, 0) is 32.3 Å². The average molecular weight is 184 g/mol. The number of allylic oxidation sites excluding steroid dienone is 1. The molecule has 3 heteroatoms. The molecule has 1 aliphatic carbocycles. The Hall–Kier alpha value is -0.990. The van der Waals surface area contributed by atoms with E-state index in [1.54, 1.807) is 13.2 Å².